The molecule has 1 N–H and O–H groups in total. The molecule has 0 fully saturated rings. The van der Waals surface area contributed by atoms with Crippen LogP contribution in [0.15, 0.2) is 52.4 Å². The molecule has 1 atom stereocenters. The number of aromatic nitrogens is 2. The molecule has 2 aromatic carbocycles. The normalized spacial score (nSPS) is 12.5. The van der Waals surface area contributed by atoms with Crippen molar-refractivity contribution >= 4 is 34.3 Å². The number of halogens is 1. The molecule has 3 rings (SSSR count). The van der Waals surface area contributed by atoms with Crippen molar-refractivity contribution in [2.45, 2.75) is 38.1 Å². The summed E-state index contributed by atoms with van der Waals surface area (Å²) in [7, 11) is 0. The van der Waals surface area contributed by atoms with E-state index in [2.05, 4.69) is 4.98 Å². The summed E-state index contributed by atoms with van der Waals surface area (Å²) in [5, 5.41) is 12.0. The van der Waals surface area contributed by atoms with Crippen LogP contribution in [0, 0.1) is 6.92 Å². The number of hydrogen-bond donors (Lipinski definition) is 1. The van der Waals surface area contributed by atoms with Crippen molar-refractivity contribution < 1.29 is 9.84 Å². The van der Waals surface area contributed by atoms with E-state index in [4.69, 9.17) is 16.3 Å². The summed E-state index contributed by atoms with van der Waals surface area (Å²) in [5.41, 5.74) is 1.47. The van der Waals surface area contributed by atoms with Crippen LogP contribution in [0.3, 0.4) is 0 Å². The molecular weight excluding hydrogens is 396 g/mol. The lowest BCUT2D eigenvalue weighted by molar-refractivity contribution is 0.126. The maximum atomic E-state index is 12.9. The Morgan fingerprint density at radius 3 is 2.71 bits per heavy atom. The van der Waals surface area contributed by atoms with Gasteiger partial charge < -0.3 is 9.84 Å². The first-order valence-electron chi connectivity index (χ1n) is 9.08. The van der Waals surface area contributed by atoms with E-state index in [1.165, 1.54) is 11.8 Å². The van der Waals surface area contributed by atoms with Gasteiger partial charge in [0.1, 0.15) is 12.4 Å². The van der Waals surface area contributed by atoms with Gasteiger partial charge in [0.15, 0.2) is 5.16 Å². The standard InChI is InChI=1S/C21H23ClN2O3S/c1-13(2)24-20(26)17-9-8-15(22)10-18(17)23-21(24)28-12-16(25)11-27-19-7-5-4-6-14(19)3/h4-10,13,16,25H,11-12H2,1-3H3/t16-/m0/s1. The molecule has 0 spiro atoms. The van der Waals surface area contributed by atoms with Crippen molar-refractivity contribution in [1.82, 2.24) is 9.55 Å². The summed E-state index contributed by atoms with van der Waals surface area (Å²) >= 11 is 7.39. The van der Waals surface area contributed by atoms with Crippen LogP contribution in [0.1, 0.15) is 25.5 Å². The van der Waals surface area contributed by atoms with Crippen LogP contribution in [0.5, 0.6) is 5.75 Å². The predicted octanol–water partition coefficient (Wildman–Crippen LogP) is 4.47. The van der Waals surface area contributed by atoms with Gasteiger partial charge in [0, 0.05) is 16.8 Å². The third-order valence-corrected chi connectivity index (χ3v) is 5.61. The molecular formula is C21H23ClN2O3S. The number of aliphatic hydroxyl groups is 1. The maximum Gasteiger partial charge on any atom is 0.262 e. The third kappa shape index (κ3) is 4.69. The van der Waals surface area contributed by atoms with E-state index in [-0.39, 0.29) is 18.2 Å². The molecule has 1 heterocycles. The van der Waals surface area contributed by atoms with Crippen LogP contribution in [0.25, 0.3) is 10.9 Å². The monoisotopic (exact) mass is 418 g/mol. The first-order valence-corrected chi connectivity index (χ1v) is 10.4. The number of aliphatic hydroxyl groups excluding tert-OH is 1. The zero-order valence-corrected chi connectivity index (χ0v) is 17.6. The van der Waals surface area contributed by atoms with Crippen molar-refractivity contribution in [3.05, 3.63) is 63.4 Å². The molecule has 0 aliphatic carbocycles. The Morgan fingerprint density at radius 2 is 2.00 bits per heavy atom. The van der Waals surface area contributed by atoms with E-state index in [1.807, 2.05) is 45.0 Å². The van der Waals surface area contributed by atoms with E-state index in [9.17, 15) is 9.90 Å². The highest BCUT2D eigenvalue weighted by Crippen LogP contribution is 2.24. The van der Waals surface area contributed by atoms with E-state index < -0.39 is 6.10 Å². The largest absolute Gasteiger partial charge is 0.491 e. The summed E-state index contributed by atoms with van der Waals surface area (Å²) < 4.78 is 7.35. The molecule has 28 heavy (non-hydrogen) atoms. The lowest BCUT2D eigenvalue weighted by Crippen LogP contribution is -2.26. The molecule has 0 unspecified atom stereocenters. The van der Waals surface area contributed by atoms with Gasteiger partial charge in [-0.15, -0.1) is 0 Å². The van der Waals surface area contributed by atoms with E-state index in [0.29, 0.717) is 26.8 Å². The van der Waals surface area contributed by atoms with Gasteiger partial charge >= 0.3 is 0 Å². The zero-order valence-electron chi connectivity index (χ0n) is 16.1. The first kappa shape index (κ1) is 20.7. The van der Waals surface area contributed by atoms with E-state index >= 15 is 0 Å². The fraction of sp³-hybridized carbons (Fsp3) is 0.333. The molecule has 0 radical (unpaired) electrons. The molecule has 0 saturated heterocycles. The Bertz CT molecular complexity index is 1040. The SMILES string of the molecule is Cc1ccccc1OC[C@H](O)CSc1nc2cc(Cl)ccc2c(=O)n1C(C)C. The van der Waals surface area contributed by atoms with Crippen LogP contribution in [0.4, 0.5) is 0 Å². The Balaban J connectivity index is 1.76. The number of nitrogens with zero attached hydrogens (tertiary/aromatic N) is 2. The minimum absolute atomic E-state index is 0.0528. The predicted molar refractivity (Wildman–Crippen MR) is 115 cm³/mol. The summed E-state index contributed by atoms with van der Waals surface area (Å²) in [6, 6.07) is 12.7. The average Bonchev–Trinajstić information content (AvgIpc) is 2.65. The van der Waals surface area contributed by atoms with Crippen LogP contribution in [0.2, 0.25) is 5.02 Å². The van der Waals surface area contributed by atoms with Gasteiger partial charge in [-0.1, -0.05) is 41.6 Å². The van der Waals surface area contributed by atoms with E-state index in [1.54, 1.807) is 22.8 Å². The summed E-state index contributed by atoms with van der Waals surface area (Å²) in [5.74, 6) is 1.11. The quantitative estimate of drug-likeness (QED) is 0.453. The molecule has 0 bridgehead atoms. The number of benzene rings is 2. The van der Waals surface area contributed by atoms with Crippen molar-refractivity contribution in [3.8, 4) is 5.75 Å². The Hall–Kier alpha value is -2.02. The lowest BCUT2D eigenvalue weighted by Gasteiger charge is -2.18. The molecule has 7 heteroatoms. The van der Waals surface area contributed by atoms with Crippen LogP contribution in [-0.4, -0.2) is 33.1 Å². The van der Waals surface area contributed by atoms with Gasteiger partial charge in [-0.2, -0.15) is 0 Å². The molecule has 0 saturated carbocycles. The fourth-order valence-corrected chi connectivity index (χ4v) is 4.03. The Labute approximate surface area is 173 Å². The highest BCUT2D eigenvalue weighted by Gasteiger charge is 2.16. The Morgan fingerprint density at radius 1 is 1.25 bits per heavy atom. The second-order valence-electron chi connectivity index (χ2n) is 6.87. The summed E-state index contributed by atoms with van der Waals surface area (Å²) in [4.78, 5) is 17.5. The number of thioether (sulfide) groups is 1. The first-order chi connectivity index (χ1) is 13.4. The molecule has 0 aliphatic rings. The highest BCUT2D eigenvalue weighted by atomic mass is 35.5. The minimum Gasteiger partial charge on any atom is -0.491 e. The topological polar surface area (TPSA) is 64.3 Å². The van der Waals surface area contributed by atoms with Gasteiger partial charge in [-0.25, -0.2) is 4.98 Å². The van der Waals surface area contributed by atoms with Gasteiger partial charge in [0.05, 0.1) is 17.0 Å². The zero-order chi connectivity index (χ0) is 20.3. The van der Waals surface area contributed by atoms with Crippen molar-refractivity contribution in [1.29, 1.82) is 0 Å². The molecule has 5 nitrogen and oxygen atoms in total. The van der Waals surface area contributed by atoms with Crippen LogP contribution >= 0.6 is 23.4 Å². The van der Waals surface area contributed by atoms with Crippen LogP contribution in [-0.2, 0) is 0 Å². The van der Waals surface area contributed by atoms with Gasteiger partial charge in [-0.05, 0) is 50.6 Å². The number of ether oxygens (including phenoxy) is 1. The summed E-state index contributed by atoms with van der Waals surface area (Å²) in [6.07, 6.45) is -0.697. The number of fused-ring (bicyclic) bond motifs is 1. The minimum atomic E-state index is -0.697. The maximum absolute atomic E-state index is 12.9. The van der Waals surface area contributed by atoms with E-state index in [0.717, 1.165) is 11.3 Å². The second-order valence-corrected chi connectivity index (χ2v) is 8.29. The average molecular weight is 419 g/mol. The number of aryl methyl sites for hydroxylation is 1. The van der Waals surface area contributed by atoms with Gasteiger partial charge in [0.25, 0.3) is 5.56 Å². The lowest BCUT2D eigenvalue weighted by atomic mass is 10.2. The molecule has 0 aliphatic heterocycles. The second kappa shape index (κ2) is 8.99. The van der Waals surface area contributed by atoms with Gasteiger partial charge in [0.2, 0.25) is 0 Å². The Kier molecular flexibility index (Phi) is 6.65. The number of rotatable bonds is 7. The fourth-order valence-electron chi connectivity index (χ4n) is 2.83. The van der Waals surface area contributed by atoms with Crippen molar-refractivity contribution in [2.24, 2.45) is 0 Å². The molecule has 148 valence electrons. The molecule has 1 aromatic heterocycles. The van der Waals surface area contributed by atoms with Crippen molar-refractivity contribution in [3.63, 3.8) is 0 Å². The van der Waals surface area contributed by atoms with Gasteiger partial charge in [-0.3, -0.25) is 9.36 Å². The van der Waals surface area contributed by atoms with Crippen molar-refractivity contribution in [2.75, 3.05) is 12.4 Å². The smallest absolute Gasteiger partial charge is 0.262 e. The molecule has 0 amide bonds. The third-order valence-electron chi connectivity index (χ3n) is 4.28. The summed E-state index contributed by atoms with van der Waals surface area (Å²) in [6.45, 7) is 6.00. The number of hydrogen-bond acceptors (Lipinski definition) is 5. The molecule has 3 aromatic rings. The van der Waals surface area contributed by atoms with Crippen LogP contribution < -0.4 is 10.3 Å². The number of para-hydroxylation sites is 1. The highest BCUT2D eigenvalue weighted by molar-refractivity contribution is 7.99.